The zero-order valence-corrected chi connectivity index (χ0v) is 15.9. The van der Waals surface area contributed by atoms with Crippen LogP contribution in [0.3, 0.4) is 0 Å². The lowest BCUT2D eigenvalue weighted by Gasteiger charge is -2.50. The van der Waals surface area contributed by atoms with Crippen LogP contribution in [-0.2, 0) is 4.74 Å². The highest BCUT2D eigenvalue weighted by Crippen LogP contribution is 2.36. The van der Waals surface area contributed by atoms with Crippen molar-refractivity contribution in [3.05, 3.63) is 81.6 Å². The minimum atomic E-state index is -1.06. The molecule has 0 spiro atoms. The van der Waals surface area contributed by atoms with Crippen molar-refractivity contribution in [1.82, 2.24) is 14.7 Å². The third-order valence-corrected chi connectivity index (χ3v) is 5.43. The Morgan fingerprint density at radius 2 is 2.00 bits per heavy atom. The fourth-order valence-electron chi connectivity index (χ4n) is 4.03. The Morgan fingerprint density at radius 1 is 1.16 bits per heavy atom. The van der Waals surface area contributed by atoms with Gasteiger partial charge in [-0.3, -0.25) is 19.3 Å². The summed E-state index contributed by atoms with van der Waals surface area (Å²) >= 11 is 0. The van der Waals surface area contributed by atoms with Crippen LogP contribution in [0.4, 0.5) is 8.78 Å². The second kappa shape index (κ2) is 7.20. The van der Waals surface area contributed by atoms with Crippen molar-refractivity contribution < 1.29 is 27.9 Å². The average Bonchev–Trinajstić information content (AvgIpc) is 3.30. The van der Waals surface area contributed by atoms with Gasteiger partial charge in [0.05, 0.1) is 19.4 Å². The smallest absolute Gasteiger partial charge is 0.278 e. The number of hydrogen-bond acceptors (Lipinski definition) is 7. The van der Waals surface area contributed by atoms with Crippen molar-refractivity contribution in [3.8, 4) is 5.75 Å². The van der Waals surface area contributed by atoms with Crippen LogP contribution in [0.2, 0.25) is 0 Å². The molecular weight excluding hydrogens is 414 g/mol. The predicted octanol–water partition coefficient (Wildman–Crippen LogP) is 1.36. The molecule has 160 valence electrons. The molecule has 31 heavy (non-hydrogen) atoms. The fourth-order valence-corrected chi connectivity index (χ4v) is 4.03. The first-order valence-electron chi connectivity index (χ1n) is 9.45. The van der Waals surface area contributed by atoms with Crippen molar-refractivity contribution in [2.75, 3.05) is 24.8 Å². The predicted molar refractivity (Wildman–Crippen MR) is 101 cm³/mol. The number of rotatable bonds is 3. The van der Waals surface area contributed by atoms with Crippen LogP contribution in [0, 0.1) is 11.6 Å². The number of amides is 1. The number of ether oxygens (including phenoxy) is 1. The van der Waals surface area contributed by atoms with Crippen molar-refractivity contribution in [2.45, 2.75) is 12.2 Å². The first kappa shape index (κ1) is 19.2. The Hall–Kier alpha value is -3.73. The van der Waals surface area contributed by atoms with Gasteiger partial charge in [0, 0.05) is 24.9 Å². The van der Waals surface area contributed by atoms with Crippen LogP contribution < -0.4 is 10.4 Å². The molecule has 1 aromatic carbocycles. The van der Waals surface area contributed by atoms with Crippen molar-refractivity contribution in [2.24, 2.45) is 0 Å². The van der Waals surface area contributed by atoms with E-state index in [1.54, 1.807) is 11.1 Å². The number of halogens is 2. The van der Waals surface area contributed by atoms with E-state index in [1.807, 2.05) is 0 Å². The number of hydrogen-bond donors (Lipinski definition) is 1. The molecule has 0 saturated carbocycles. The first-order chi connectivity index (χ1) is 15.0. The van der Waals surface area contributed by atoms with Gasteiger partial charge in [0.2, 0.25) is 5.43 Å². The minimum absolute atomic E-state index is 0.104. The van der Waals surface area contributed by atoms with Crippen molar-refractivity contribution in [3.63, 3.8) is 0 Å². The molecular formula is C20H16F2N4O5. The molecule has 5 rings (SSSR count). The molecule has 1 amide bonds. The highest BCUT2D eigenvalue weighted by molar-refractivity contribution is 5.96. The molecule has 9 nitrogen and oxygen atoms in total. The Morgan fingerprint density at radius 3 is 2.74 bits per heavy atom. The molecule has 2 aliphatic rings. The number of carbonyl (C=O) groups excluding carboxylic acids is 1. The van der Waals surface area contributed by atoms with E-state index in [9.17, 15) is 23.5 Å². The van der Waals surface area contributed by atoms with Gasteiger partial charge in [0.25, 0.3) is 5.91 Å². The molecule has 0 bridgehead atoms. The van der Waals surface area contributed by atoms with Gasteiger partial charge in [-0.25, -0.2) is 8.78 Å². The van der Waals surface area contributed by atoms with Gasteiger partial charge < -0.3 is 19.3 Å². The van der Waals surface area contributed by atoms with Crippen LogP contribution >= 0.6 is 0 Å². The summed E-state index contributed by atoms with van der Waals surface area (Å²) < 4.78 is 40.0. The average molecular weight is 430 g/mol. The third kappa shape index (κ3) is 2.96. The van der Waals surface area contributed by atoms with Crippen LogP contribution in [0.1, 0.15) is 27.9 Å². The zero-order valence-electron chi connectivity index (χ0n) is 15.9. The van der Waals surface area contributed by atoms with Crippen molar-refractivity contribution >= 4 is 5.91 Å². The Balaban J connectivity index is 1.77. The normalized spacial score (nSPS) is 19.2. The number of carbonyl (C=O) groups is 1. The maximum absolute atomic E-state index is 14.1. The molecule has 1 N–H and O–H groups in total. The highest BCUT2D eigenvalue weighted by atomic mass is 19.2. The standard InChI is InChI=1S/C20H16F2N4O5/c21-12-2-1-11(9-13(12)22)17(15-3-5-23-31-15)26-16-10-30-8-7-24(16)20(29)18-19(28)14(27)4-6-25(18)26/h1-6,9,16-17,28H,7-8,10H2/t16-,17+/m1/s1. The van der Waals surface area contributed by atoms with E-state index in [0.717, 1.165) is 18.2 Å². The molecule has 1 fully saturated rings. The number of nitrogens with zero attached hydrogens (tertiary/aromatic N) is 4. The molecule has 2 aliphatic heterocycles. The third-order valence-electron chi connectivity index (χ3n) is 5.43. The Bertz CT molecular complexity index is 1210. The molecule has 0 aliphatic carbocycles. The van der Waals surface area contributed by atoms with Crippen molar-refractivity contribution in [1.29, 1.82) is 0 Å². The summed E-state index contributed by atoms with van der Waals surface area (Å²) in [7, 11) is 0. The van der Waals surface area contributed by atoms with E-state index in [2.05, 4.69) is 5.16 Å². The number of aromatic nitrogens is 2. The molecule has 11 heteroatoms. The second-order valence-corrected chi connectivity index (χ2v) is 7.15. The van der Waals surface area contributed by atoms with Gasteiger partial charge in [0.1, 0.15) is 12.2 Å². The maximum atomic E-state index is 14.1. The largest absolute Gasteiger partial charge is 0.502 e. The van der Waals surface area contributed by atoms with Crippen LogP contribution in [0.15, 0.2) is 52.0 Å². The van der Waals surface area contributed by atoms with E-state index in [0.29, 0.717) is 5.56 Å². The topological polar surface area (TPSA) is 101 Å². The highest BCUT2D eigenvalue weighted by Gasteiger charge is 2.45. The molecule has 0 unspecified atom stereocenters. The Labute approximate surface area is 173 Å². The van der Waals surface area contributed by atoms with Crippen LogP contribution in [-0.4, -0.2) is 51.7 Å². The van der Waals surface area contributed by atoms with Gasteiger partial charge in [0.15, 0.2) is 28.8 Å². The van der Waals surface area contributed by atoms with E-state index in [-0.39, 0.29) is 31.2 Å². The fraction of sp³-hybridized carbons (Fsp3) is 0.250. The maximum Gasteiger partial charge on any atom is 0.278 e. The first-order valence-corrected chi connectivity index (χ1v) is 9.45. The summed E-state index contributed by atoms with van der Waals surface area (Å²) in [6, 6.07) is 5.18. The summed E-state index contributed by atoms with van der Waals surface area (Å²) in [6.45, 7) is 0.585. The summed E-state index contributed by atoms with van der Waals surface area (Å²) in [4.78, 5) is 26.6. The van der Waals surface area contributed by atoms with Gasteiger partial charge >= 0.3 is 0 Å². The number of benzene rings is 1. The van der Waals surface area contributed by atoms with Crippen LogP contribution in [0.25, 0.3) is 0 Å². The van der Waals surface area contributed by atoms with E-state index in [4.69, 9.17) is 9.26 Å². The SMILES string of the molecule is O=C1c2c(O)c(=O)ccn2N([C@@H](c2ccc(F)c(F)c2)c2ccno2)[C@@H]2COCCN12. The monoisotopic (exact) mass is 430 g/mol. The summed E-state index contributed by atoms with van der Waals surface area (Å²) in [5.41, 5.74) is -0.646. The number of fused-ring (bicyclic) bond motifs is 2. The number of aromatic hydroxyl groups is 1. The van der Waals surface area contributed by atoms with Gasteiger partial charge in [-0.05, 0) is 17.7 Å². The minimum Gasteiger partial charge on any atom is -0.502 e. The zero-order chi connectivity index (χ0) is 21.7. The van der Waals surface area contributed by atoms with E-state index in [1.165, 1.54) is 28.0 Å². The van der Waals surface area contributed by atoms with Crippen LogP contribution in [0.5, 0.6) is 5.75 Å². The summed E-state index contributed by atoms with van der Waals surface area (Å²) in [5, 5.41) is 15.7. The quantitative estimate of drug-likeness (QED) is 0.670. The van der Waals surface area contributed by atoms with E-state index >= 15 is 0 Å². The number of pyridine rings is 1. The molecule has 2 atom stereocenters. The molecule has 1 saturated heterocycles. The van der Waals surface area contributed by atoms with E-state index < -0.39 is 40.9 Å². The molecule has 0 radical (unpaired) electrons. The molecule has 2 aromatic heterocycles. The molecule has 4 heterocycles. The lowest BCUT2D eigenvalue weighted by Crippen LogP contribution is -2.66. The lowest BCUT2D eigenvalue weighted by atomic mass is 10.0. The van der Waals surface area contributed by atoms with Gasteiger partial charge in [-0.15, -0.1) is 0 Å². The summed E-state index contributed by atoms with van der Waals surface area (Å²) in [6.07, 6.45) is 2.06. The number of morpholine rings is 1. The lowest BCUT2D eigenvalue weighted by molar-refractivity contribution is -0.0204. The van der Waals surface area contributed by atoms with Gasteiger partial charge in [-0.1, -0.05) is 11.2 Å². The Kier molecular flexibility index (Phi) is 4.47. The second-order valence-electron chi connectivity index (χ2n) is 7.15. The van der Waals surface area contributed by atoms with Gasteiger partial charge in [-0.2, -0.15) is 0 Å². The molecule has 3 aromatic rings. The summed E-state index contributed by atoms with van der Waals surface area (Å²) in [5.74, 6) is -3.05.